The van der Waals surface area contributed by atoms with Gasteiger partial charge in [-0.2, -0.15) is 0 Å². The van der Waals surface area contributed by atoms with Crippen molar-refractivity contribution in [1.29, 1.82) is 0 Å². The molecule has 0 spiro atoms. The summed E-state index contributed by atoms with van der Waals surface area (Å²) in [4.78, 5) is 8.30. The van der Waals surface area contributed by atoms with E-state index >= 15 is 0 Å². The molecule has 0 fully saturated rings. The molecule has 0 saturated carbocycles. The monoisotopic (exact) mass is 207 g/mol. The number of rotatable bonds is 1. The van der Waals surface area contributed by atoms with Gasteiger partial charge in [0.15, 0.2) is 0 Å². The van der Waals surface area contributed by atoms with Crippen LogP contribution in [0.3, 0.4) is 0 Å². The van der Waals surface area contributed by atoms with E-state index in [1.54, 1.807) is 0 Å². The van der Waals surface area contributed by atoms with Crippen LogP contribution in [0.25, 0.3) is 10.9 Å². The Bertz CT molecular complexity index is 482. The summed E-state index contributed by atoms with van der Waals surface area (Å²) in [6.45, 7) is 2.01. The first-order valence-electron chi connectivity index (χ1n) is 4.33. The fourth-order valence-electron chi connectivity index (χ4n) is 1.46. The second kappa shape index (κ2) is 3.42. The van der Waals surface area contributed by atoms with Crippen LogP contribution in [0.2, 0.25) is 5.28 Å². The SMILES string of the molecule is CNc1nc(Cl)nc2c(C)cccc12. The third-order valence-corrected chi connectivity index (χ3v) is 2.31. The molecule has 72 valence electrons. The molecule has 1 aromatic carbocycles. The van der Waals surface area contributed by atoms with Crippen LogP contribution >= 0.6 is 11.6 Å². The molecule has 0 radical (unpaired) electrons. The average molecular weight is 208 g/mol. The molecular weight excluding hydrogens is 198 g/mol. The fourth-order valence-corrected chi connectivity index (χ4v) is 1.63. The maximum Gasteiger partial charge on any atom is 0.224 e. The van der Waals surface area contributed by atoms with Crippen molar-refractivity contribution < 1.29 is 0 Å². The van der Waals surface area contributed by atoms with Gasteiger partial charge >= 0.3 is 0 Å². The highest BCUT2D eigenvalue weighted by molar-refractivity contribution is 6.28. The minimum absolute atomic E-state index is 0.274. The second-order valence-electron chi connectivity index (χ2n) is 3.06. The maximum atomic E-state index is 5.81. The molecule has 4 heteroatoms. The Kier molecular flexibility index (Phi) is 2.25. The zero-order valence-electron chi connectivity index (χ0n) is 8.00. The van der Waals surface area contributed by atoms with Crippen molar-refractivity contribution >= 4 is 28.3 Å². The predicted molar refractivity (Wildman–Crippen MR) is 58.8 cm³/mol. The normalized spacial score (nSPS) is 10.5. The third-order valence-electron chi connectivity index (χ3n) is 2.14. The summed E-state index contributed by atoms with van der Waals surface area (Å²) in [5.74, 6) is 0.767. The number of anilines is 1. The van der Waals surface area contributed by atoms with Gasteiger partial charge in [-0.15, -0.1) is 0 Å². The van der Waals surface area contributed by atoms with E-state index in [0.29, 0.717) is 0 Å². The molecule has 1 aromatic heterocycles. The van der Waals surface area contributed by atoms with Gasteiger partial charge in [0.1, 0.15) is 5.82 Å². The predicted octanol–water partition coefficient (Wildman–Crippen LogP) is 2.63. The zero-order chi connectivity index (χ0) is 10.1. The molecule has 3 nitrogen and oxygen atoms in total. The Morgan fingerprint density at radius 2 is 2.07 bits per heavy atom. The molecule has 0 amide bonds. The lowest BCUT2D eigenvalue weighted by molar-refractivity contribution is 1.20. The summed E-state index contributed by atoms with van der Waals surface area (Å²) >= 11 is 5.81. The number of halogens is 1. The van der Waals surface area contributed by atoms with Crippen LogP contribution < -0.4 is 5.32 Å². The topological polar surface area (TPSA) is 37.8 Å². The number of para-hydroxylation sites is 1. The number of benzene rings is 1. The van der Waals surface area contributed by atoms with E-state index in [-0.39, 0.29) is 5.28 Å². The maximum absolute atomic E-state index is 5.81. The van der Waals surface area contributed by atoms with E-state index in [0.717, 1.165) is 22.3 Å². The van der Waals surface area contributed by atoms with Gasteiger partial charge < -0.3 is 5.32 Å². The summed E-state index contributed by atoms with van der Waals surface area (Å²) in [5, 5.41) is 4.27. The van der Waals surface area contributed by atoms with Gasteiger partial charge in [-0.05, 0) is 30.2 Å². The number of aryl methyl sites for hydroxylation is 1. The summed E-state index contributed by atoms with van der Waals surface area (Å²) in [5.41, 5.74) is 2.00. The fraction of sp³-hybridized carbons (Fsp3) is 0.200. The van der Waals surface area contributed by atoms with Gasteiger partial charge in [0, 0.05) is 12.4 Å². The Morgan fingerprint density at radius 3 is 2.79 bits per heavy atom. The number of nitrogens with zero attached hydrogens (tertiary/aromatic N) is 2. The Morgan fingerprint density at radius 1 is 1.29 bits per heavy atom. The van der Waals surface area contributed by atoms with Crippen molar-refractivity contribution in [2.45, 2.75) is 6.92 Å². The van der Waals surface area contributed by atoms with Crippen LogP contribution in [-0.2, 0) is 0 Å². The van der Waals surface area contributed by atoms with E-state index < -0.39 is 0 Å². The highest BCUT2D eigenvalue weighted by Gasteiger charge is 2.06. The van der Waals surface area contributed by atoms with Crippen LogP contribution in [0.15, 0.2) is 18.2 Å². The summed E-state index contributed by atoms with van der Waals surface area (Å²) in [6, 6.07) is 5.96. The largest absolute Gasteiger partial charge is 0.372 e. The molecule has 2 rings (SSSR count). The lowest BCUT2D eigenvalue weighted by Crippen LogP contribution is -1.97. The Balaban J connectivity index is 2.87. The number of hydrogen-bond acceptors (Lipinski definition) is 3. The first-order valence-corrected chi connectivity index (χ1v) is 4.71. The number of aromatic nitrogens is 2. The van der Waals surface area contributed by atoms with E-state index in [2.05, 4.69) is 15.3 Å². The Labute approximate surface area is 87.1 Å². The van der Waals surface area contributed by atoms with Crippen molar-refractivity contribution in [3.8, 4) is 0 Å². The van der Waals surface area contributed by atoms with Gasteiger partial charge in [-0.3, -0.25) is 0 Å². The third kappa shape index (κ3) is 1.40. The summed E-state index contributed by atoms with van der Waals surface area (Å²) in [7, 11) is 1.82. The number of nitrogens with one attached hydrogen (secondary N) is 1. The van der Waals surface area contributed by atoms with Crippen molar-refractivity contribution in [1.82, 2.24) is 9.97 Å². The minimum Gasteiger partial charge on any atom is -0.372 e. The standard InChI is InChI=1S/C10H10ClN3/c1-6-4-3-5-7-8(6)13-10(11)14-9(7)12-2/h3-5H,1-2H3,(H,12,13,14). The smallest absolute Gasteiger partial charge is 0.224 e. The zero-order valence-corrected chi connectivity index (χ0v) is 8.76. The summed E-state index contributed by atoms with van der Waals surface area (Å²) < 4.78 is 0. The number of hydrogen-bond donors (Lipinski definition) is 1. The molecule has 0 aliphatic heterocycles. The molecule has 2 aromatic rings. The van der Waals surface area contributed by atoms with Crippen molar-refractivity contribution in [2.75, 3.05) is 12.4 Å². The van der Waals surface area contributed by atoms with Gasteiger partial charge in [-0.1, -0.05) is 12.1 Å². The van der Waals surface area contributed by atoms with Crippen LogP contribution in [0.1, 0.15) is 5.56 Å². The molecule has 0 unspecified atom stereocenters. The van der Waals surface area contributed by atoms with Crippen LogP contribution in [0.4, 0.5) is 5.82 Å². The molecule has 0 aliphatic carbocycles. The van der Waals surface area contributed by atoms with Gasteiger partial charge in [-0.25, -0.2) is 9.97 Å². The van der Waals surface area contributed by atoms with Crippen molar-refractivity contribution in [3.05, 3.63) is 29.0 Å². The molecule has 1 N–H and O–H groups in total. The van der Waals surface area contributed by atoms with E-state index in [1.807, 2.05) is 32.2 Å². The Hall–Kier alpha value is -1.35. The molecule has 0 atom stereocenters. The first kappa shape index (κ1) is 9.21. The van der Waals surface area contributed by atoms with Crippen LogP contribution in [0.5, 0.6) is 0 Å². The molecule has 0 aliphatic rings. The van der Waals surface area contributed by atoms with Crippen LogP contribution in [-0.4, -0.2) is 17.0 Å². The van der Waals surface area contributed by atoms with E-state index in [4.69, 9.17) is 11.6 Å². The average Bonchev–Trinajstić information content (AvgIpc) is 2.18. The number of fused-ring (bicyclic) bond motifs is 1. The quantitative estimate of drug-likeness (QED) is 0.731. The molecule has 14 heavy (non-hydrogen) atoms. The van der Waals surface area contributed by atoms with E-state index in [1.165, 1.54) is 0 Å². The molecular formula is C10H10ClN3. The van der Waals surface area contributed by atoms with Crippen LogP contribution in [0, 0.1) is 6.92 Å². The van der Waals surface area contributed by atoms with Gasteiger partial charge in [0.2, 0.25) is 5.28 Å². The molecule has 1 heterocycles. The lowest BCUT2D eigenvalue weighted by atomic mass is 10.1. The first-order chi connectivity index (χ1) is 6.72. The van der Waals surface area contributed by atoms with Gasteiger partial charge in [0.05, 0.1) is 5.52 Å². The highest BCUT2D eigenvalue weighted by Crippen LogP contribution is 2.23. The van der Waals surface area contributed by atoms with Crippen molar-refractivity contribution in [3.63, 3.8) is 0 Å². The highest BCUT2D eigenvalue weighted by atomic mass is 35.5. The minimum atomic E-state index is 0.274. The molecule has 0 bridgehead atoms. The molecule has 0 saturated heterocycles. The van der Waals surface area contributed by atoms with Crippen molar-refractivity contribution in [2.24, 2.45) is 0 Å². The second-order valence-corrected chi connectivity index (χ2v) is 3.40. The summed E-state index contributed by atoms with van der Waals surface area (Å²) in [6.07, 6.45) is 0. The van der Waals surface area contributed by atoms with E-state index in [9.17, 15) is 0 Å². The van der Waals surface area contributed by atoms with Gasteiger partial charge in [0.25, 0.3) is 0 Å². The lowest BCUT2D eigenvalue weighted by Gasteiger charge is -2.06.